The molecule has 2 rings (SSSR count). The predicted molar refractivity (Wildman–Crippen MR) is 62.5 cm³/mol. The van der Waals surface area contributed by atoms with Gasteiger partial charge in [0, 0.05) is 6.04 Å². The molecule has 1 N–H and O–H groups in total. The van der Waals surface area contributed by atoms with Gasteiger partial charge >= 0.3 is 6.36 Å². The lowest BCUT2D eigenvalue weighted by atomic mass is 9.98. The Balaban J connectivity index is 1.98. The average molecular weight is 259 g/mol. The summed E-state index contributed by atoms with van der Waals surface area (Å²) in [4.78, 5) is 0. The molecule has 0 aliphatic carbocycles. The Morgan fingerprint density at radius 1 is 1.28 bits per heavy atom. The Labute approximate surface area is 104 Å². The molecule has 1 aliphatic rings. The number of hydrogen-bond donors (Lipinski definition) is 1. The van der Waals surface area contributed by atoms with E-state index in [9.17, 15) is 13.2 Å². The zero-order valence-electron chi connectivity index (χ0n) is 9.96. The molecule has 1 fully saturated rings. The van der Waals surface area contributed by atoms with E-state index >= 15 is 0 Å². The Kier molecular flexibility index (Phi) is 4.11. The van der Waals surface area contributed by atoms with Gasteiger partial charge in [0.2, 0.25) is 0 Å². The zero-order chi connectivity index (χ0) is 13.0. The van der Waals surface area contributed by atoms with Gasteiger partial charge in [-0.05, 0) is 43.5 Å². The summed E-state index contributed by atoms with van der Waals surface area (Å²) in [6.45, 7) is 0.989. The molecule has 1 aliphatic heterocycles. The maximum absolute atomic E-state index is 12.1. The molecule has 1 heterocycles. The van der Waals surface area contributed by atoms with Crippen molar-refractivity contribution in [3.05, 3.63) is 29.8 Å². The summed E-state index contributed by atoms with van der Waals surface area (Å²) in [5, 5.41) is 3.37. The van der Waals surface area contributed by atoms with Crippen molar-refractivity contribution in [1.29, 1.82) is 0 Å². The van der Waals surface area contributed by atoms with Crippen LogP contribution in [0.15, 0.2) is 24.3 Å². The zero-order valence-corrected chi connectivity index (χ0v) is 9.96. The second-order valence-corrected chi connectivity index (χ2v) is 4.55. The fraction of sp³-hybridized carbons (Fsp3) is 0.538. The molecule has 1 aromatic carbocycles. The number of benzene rings is 1. The fourth-order valence-electron chi connectivity index (χ4n) is 2.25. The van der Waals surface area contributed by atoms with E-state index in [0.717, 1.165) is 24.9 Å². The quantitative estimate of drug-likeness (QED) is 0.899. The van der Waals surface area contributed by atoms with Gasteiger partial charge in [0.25, 0.3) is 0 Å². The maximum Gasteiger partial charge on any atom is 0.573 e. The number of rotatable bonds is 3. The lowest BCUT2D eigenvalue weighted by molar-refractivity contribution is -0.274. The summed E-state index contributed by atoms with van der Waals surface area (Å²) in [6.07, 6.45) is -0.453. The normalized spacial score (nSPS) is 20.7. The number of ether oxygens (including phenoxy) is 1. The first kappa shape index (κ1) is 13.2. The lowest BCUT2D eigenvalue weighted by Crippen LogP contribution is -2.35. The molecule has 1 atom stereocenters. The Morgan fingerprint density at radius 2 is 2.11 bits per heavy atom. The van der Waals surface area contributed by atoms with Gasteiger partial charge in [-0.25, -0.2) is 0 Å². The van der Waals surface area contributed by atoms with Crippen LogP contribution in [0.3, 0.4) is 0 Å². The summed E-state index contributed by atoms with van der Waals surface area (Å²) in [6, 6.07) is 6.58. The van der Waals surface area contributed by atoms with Crippen molar-refractivity contribution in [2.45, 2.75) is 38.1 Å². The standard InChI is InChI=1S/C13H16F3NO/c14-13(15,16)18-12-6-3-4-10(9-12)8-11-5-1-2-7-17-11/h3-4,6,9,11,17H,1-2,5,7-8H2. The van der Waals surface area contributed by atoms with Gasteiger partial charge in [-0.1, -0.05) is 18.6 Å². The van der Waals surface area contributed by atoms with E-state index in [1.54, 1.807) is 6.07 Å². The van der Waals surface area contributed by atoms with Crippen molar-refractivity contribution in [2.24, 2.45) is 0 Å². The van der Waals surface area contributed by atoms with E-state index in [2.05, 4.69) is 10.1 Å². The highest BCUT2D eigenvalue weighted by molar-refractivity contribution is 5.29. The van der Waals surface area contributed by atoms with Crippen molar-refractivity contribution in [1.82, 2.24) is 5.32 Å². The first-order valence-corrected chi connectivity index (χ1v) is 6.11. The van der Waals surface area contributed by atoms with E-state index in [0.29, 0.717) is 6.04 Å². The summed E-state index contributed by atoms with van der Waals surface area (Å²) in [5.41, 5.74) is 0.871. The maximum atomic E-state index is 12.1. The van der Waals surface area contributed by atoms with Crippen LogP contribution in [0, 0.1) is 0 Å². The monoisotopic (exact) mass is 259 g/mol. The number of piperidine rings is 1. The molecule has 1 unspecified atom stereocenters. The Hall–Kier alpha value is -1.23. The van der Waals surface area contributed by atoms with E-state index in [1.165, 1.54) is 25.0 Å². The second kappa shape index (κ2) is 5.61. The molecule has 100 valence electrons. The molecule has 0 bridgehead atoms. The second-order valence-electron chi connectivity index (χ2n) is 4.55. The summed E-state index contributed by atoms with van der Waals surface area (Å²) >= 11 is 0. The fourth-order valence-corrected chi connectivity index (χ4v) is 2.25. The molecule has 0 amide bonds. The Morgan fingerprint density at radius 3 is 2.78 bits per heavy atom. The molecule has 18 heavy (non-hydrogen) atoms. The third-order valence-corrected chi connectivity index (χ3v) is 3.03. The molecule has 1 aromatic rings. The van der Waals surface area contributed by atoms with Crippen LogP contribution in [0.1, 0.15) is 24.8 Å². The number of nitrogens with one attached hydrogen (secondary N) is 1. The molecular formula is C13H16F3NO. The van der Waals surface area contributed by atoms with E-state index < -0.39 is 6.36 Å². The van der Waals surface area contributed by atoms with E-state index in [4.69, 9.17) is 0 Å². The van der Waals surface area contributed by atoms with Gasteiger partial charge in [0.05, 0.1) is 0 Å². The molecule has 0 radical (unpaired) electrons. The summed E-state index contributed by atoms with van der Waals surface area (Å²) in [5.74, 6) is -0.143. The number of hydrogen-bond acceptors (Lipinski definition) is 2. The highest BCUT2D eigenvalue weighted by Gasteiger charge is 2.31. The van der Waals surface area contributed by atoms with E-state index in [-0.39, 0.29) is 5.75 Å². The Bertz CT molecular complexity index is 386. The SMILES string of the molecule is FC(F)(F)Oc1cccc(CC2CCCCN2)c1. The summed E-state index contributed by atoms with van der Waals surface area (Å²) < 4.78 is 40.2. The third kappa shape index (κ3) is 4.22. The van der Waals surface area contributed by atoms with Crippen LogP contribution < -0.4 is 10.1 Å². The average Bonchev–Trinajstić information content (AvgIpc) is 2.28. The third-order valence-electron chi connectivity index (χ3n) is 3.03. The van der Waals surface area contributed by atoms with Crippen molar-refractivity contribution in [2.75, 3.05) is 6.54 Å². The van der Waals surface area contributed by atoms with Crippen molar-refractivity contribution in [3.63, 3.8) is 0 Å². The van der Waals surface area contributed by atoms with Gasteiger partial charge in [-0.15, -0.1) is 13.2 Å². The smallest absolute Gasteiger partial charge is 0.406 e. The lowest BCUT2D eigenvalue weighted by Gasteiger charge is -2.23. The van der Waals surface area contributed by atoms with E-state index in [1.807, 2.05) is 6.07 Å². The minimum Gasteiger partial charge on any atom is -0.406 e. The molecular weight excluding hydrogens is 243 g/mol. The molecule has 2 nitrogen and oxygen atoms in total. The molecule has 0 saturated carbocycles. The van der Waals surface area contributed by atoms with Crippen LogP contribution in [0.4, 0.5) is 13.2 Å². The first-order valence-electron chi connectivity index (χ1n) is 6.11. The minimum atomic E-state index is -4.62. The van der Waals surface area contributed by atoms with Gasteiger partial charge in [-0.2, -0.15) is 0 Å². The van der Waals surface area contributed by atoms with Crippen LogP contribution in [-0.2, 0) is 6.42 Å². The van der Waals surface area contributed by atoms with Crippen LogP contribution in [0.2, 0.25) is 0 Å². The summed E-state index contributed by atoms with van der Waals surface area (Å²) in [7, 11) is 0. The van der Waals surface area contributed by atoms with Crippen LogP contribution in [0.25, 0.3) is 0 Å². The largest absolute Gasteiger partial charge is 0.573 e. The van der Waals surface area contributed by atoms with Gasteiger partial charge in [-0.3, -0.25) is 0 Å². The van der Waals surface area contributed by atoms with Crippen LogP contribution >= 0.6 is 0 Å². The van der Waals surface area contributed by atoms with Crippen molar-refractivity contribution in [3.8, 4) is 5.75 Å². The minimum absolute atomic E-state index is 0.143. The van der Waals surface area contributed by atoms with Gasteiger partial charge < -0.3 is 10.1 Å². The molecule has 1 saturated heterocycles. The molecule has 0 spiro atoms. The number of alkyl halides is 3. The molecule has 5 heteroatoms. The number of halogens is 3. The van der Waals surface area contributed by atoms with Crippen LogP contribution in [-0.4, -0.2) is 18.9 Å². The predicted octanol–water partition coefficient (Wildman–Crippen LogP) is 3.27. The van der Waals surface area contributed by atoms with Crippen molar-refractivity contribution < 1.29 is 17.9 Å². The van der Waals surface area contributed by atoms with Crippen molar-refractivity contribution >= 4 is 0 Å². The van der Waals surface area contributed by atoms with Gasteiger partial charge in [0.15, 0.2) is 0 Å². The first-order chi connectivity index (χ1) is 8.53. The van der Waals surface area contributed by atoms with Gasteiger partial charge in [0.1, 0.15) is 5.75 Å². The highest BCUT2D eigenvalue weighted by atomic mass is 19.4. The topological polar surface area (TPSA) is 21.3 Å². The molecule has 0 aromatic heterocycles. The van der Waals surface area contributed by atoms with Crippen LogP contribution in [0.5, 0.6) is 5.75 Å². The highest BCUT2D eigenvalue weighted by Crippen LogP contribution is 2.24.